The van der Waals surface area contributed by atoms with Crippen molar-refractivity contribution >= 4 is 57.9 Å². The molecule has 1 aromatic carbocycles. The van der Waals surface area contributed by atoms with Crippen LogP contribution >= 0.6 is 34.5 Å². The molecule has 2 aromatic heterocycles. The van der Waals surface area contributed by atoms with E-state index in [1.807, 2.05) is 17.5 Å². The van der Waals surface area contributed by atoms with Gasteiger partial charge in [-0.2, -0.15) is 0 Å². The molecule has 8 nitrogen and oxygen atoms in total. The van der Waals surface area contributed by atoms with Gasteiger partial charge in [0.15, 0.2) is 5.78 Å². The molecule has 1 aliphatic heterocycles. The number of esters is 2. The Hall–Kier alpha value is -3.66. The third-order valence-corrected chi connectivity index (χ3v) is 8.55. The number of hydrogen-bond donors (Lipinski definition) is 1. The number of carbonyl (C=O) groups is 3. The summed E-state index contributed by atoms with van der Waals surface area (Å²) in [6, 6.07) is 12.1. The molecule has 0 fully saturated rings. The lowest BCUT2D eigenvalue weighted by Gasteiger charge is -2.43. The van der Waals surface area contributed by atoms with Gasteiger partial charge in [-0.3, -0.25) is 19.5 Å². The van der Waals surface area contributed by atoms with Gasteiger partial charge in [-0.05, 0) is 61.5 Å². The maximum Gasteiger partial charge on any atom is 0.338 e. The van der Waals surface area contributed by atoms with E-state index in [1.54, 1.807) is 61.5 Å². The van der Waals surface area contributed by atoms with E-state index in [1.165, 1.54) is 11.3 Å². The topological polar surface area (TPSA) is 112 Å². The Kier molecular flexibility index (Phi) is 8.49. The average molecular weight is 613 g/mol. The van der Waals surface area contributed by atoms with E-state index in [0.29, 0.717) is 27.0 Å². The molecule has 2 N–H and O–H groups in total. The number of Topliss-reactive ketones (excluding diaryl/α,β-unsaturated/α-hetero) is 1. The molecule has 0 saturated heterocycles. The van der Waals surface area contributed by atoms with E-state index in [0.717, 1.165) is 4.88 Å². The molecule has 11 heteroatoms. The number of thiophene rings is 1. The number of benzene rings is 1. The van der Waals surface area contributed by atoms with Gasteiger partial charge in [0.25, 0.3) is 0 Å². The number of nitrogens with zero attached hydrogens (tertiary/aromatic N) is 2. The van der Waals surface area contributed by atoms with Gasteiger partial charge in [-0.15, -0.1) is 11.3 Å². The van der Waals surface area contributed by atoms with Crippen molar-refractivity contribution in [2.45, 2.75) is 32.1 Å². The second-order valence-corrected chi connectivity index (χ2v) is 11.3. The number of anilines is 1. The summed E-state index contributed by atoms with van der Waals surface area (Å²) in [7, 11) is 0. The molecule has 0 radical (unpaired) electrons. The highest BCUT2D eigenvalue weighted by Crippen LogP contribution is 2.52. The van der Waals surface area contributed by atoms with Crippen molar-refractivity contribution in [3.63, 3.8) is 0 Å². The first kappa shape index (κ1) is 28.9. The Balaban J connectivity index is 1.83. The highest BCUT2D eigenvalue weighted by atomic mass is 35.5. The molecular formula is C30H27Cl2N3O5S. The van der Waals surface area contributed by atoms with E-state index in [4.69, 9.17) is 38.4 Å². The lowest BCUT2D eigenvalue weighted by Crippen LogP contribution is -2.46. The molecule has 2 aliphatic rings. The molecule has 41 heavy (non-hydrogen) atoms. The van der Waals surface area contributed by atoms with Gasteiger partial charge in [0.1, 0.15) is 11.7 Å². The second-order valence-electron chi connectivity index (χ2n) is 9.48. The third-order valence-electron chi connectivity index (χ3n) is 7.11. The monoisotopic (exact) mass is 611 g/mol. The Morgan fingerprint density at radius 3 is 2.44 bits per heavy atom. The van der Waals surface area contributed by atoms with Gasteiger partial charge in [0.05, 0.1) is 30.4 Å². The summed E-state index contributed by atoms with van der Waals surface area (Å²) in [6.07, 6.45) is 3.42. The van der Waals surface area contributed by atoms with Gasteiger partial charge in [-0.1, -0.05) is 35.3 Å². The molecule has 3 atom stereocenters. The van der Waals surface area contributed by atoms with Crippen LogP contribution in [0.1, 0.15) is 42.5 Å². The molecule has 0 amide bonds. The molecule has 0 unspecified atom stereocenters. The number of pyridine rings is 1. The van der Waals surface area contributed by atoms with Gasteiger partial charge in [0, 0.05) is 44.5 Å². The molecule has 1 aliphatic carbocycles. The smallest absolute Gasteiger partial charge is 0.338 e. The summed E-state index contributed by atoms with van der Waals surface area (Å²) in [5, 5.41) is 2.58. The number of allylic oxidation sites excluding steroid dienone is 2. The Morgan fingerprint density at radius 1 is 1.10 bits per heavy atom. The molecule has 0 bridgehead atoms. The third kappa shape index (κ3) is 5.37. The van der Waals surface area contributed by atoms with E-state index < -0.39 is 35.5 Å². The number of nitrogens with two attached hydrogens (primary N) is 1. The minimum absolute atomic E-state index is 0.0558. The number of hydrogen-bond acceptors (Lipinski definition) is 9. The number of carbonyl (C=O) groups excluding carboxylic acids is 3. The normalized spacial score (nSPS) is 20.6. The van der Waals surface area contributed by atoms with Crippen LogP contribution in [0.15, 0.2) is 82.9 Å². The van der Waals surface area contributed by atoms with E-state index in [9.17, 15) is 14.4 Å². The summed E-state index contributed by atoms with van der Waals surface area (Å²) in [5.41, 5.74) is 8.69. The van der Waals surface area contributed by atoms with Crippen LogP contribution in [-0.4, -0.2) is 35.9 Å². The molecule has 3 aromatic rings. The minimum atomic E-state index is -1.13. The SMILES string of the molecule is CCOC(=O)C1=C(N)N(c2cc(Cl)cc(Cl)c2)C2=C(C(=O)[C@H](C(=O)OCC)[C@@H](c3cccs3)C2)[C@@H]1c1cccnc1. The van der Waals surface area contributed by atoms with Crippen molar-refractivity contribution in [3.8, 4) is 0 Å². The van der Waals surface area contributed by atoms with Crippen molar-refractivity contribution in [1.82, 2.24) is 4.98 Å². The fourth-order valence-corrected chi connectivity index (χ4v) is 6.93. The zero-order chi connectivity index (χ0) is 29.3. The van der Waals surface area contributed by atoms with Gasteiger partial charge in [-0.25, -0.2) is 4.79 Å². The summed E-state index contributed by atoms with van der Waals surface area (Å²) in [5.74, 6) is -4.28. The van der Waals surface area contributed by atoms with Gasteiger partial charge >= 0.3 is 11.9 Å². The maximum absolute atomic E-state index is 14.6. The van der Waals surface area contributed by atoms with Gasteiger partial charge < -0.3 is 15.2 Å². The number of ether oxygens (including phenoxy) is 2. The van der Waals surface area contributed by atoms with Crippen LogP contribution in [0.3, 0.4) is 0 Å². The highest BCUT2D eigenvalue weighted by Gasteiger charge is 2.51. The van der Waals surface area contributed by atoms with Gasteiger partial charge in [0.2, 0.25) is 0 Å². The molecule has 5 rings (SSSR count). The number of aromatic nitrogens is 1. The zero-order valence-corrected chi connectivity index (χ0v) is 24.6. The Bertz CT molecular complexity index is 1540. The van der Waals surface area contributed by atoms with Crippen LogP contribution in [0.2, 0.25) is 10.0 Å². The zero-order valence-electron chi connectivity index (χ0n) is 22.3. The quantitative estimate of drug-likeness (QED) is 0.256. The van der Waals surface area contributed by atoms with E-state index >= 15 is 0 Å². The first-order valence-electron chi connectivity index (χ1n) is 13.1. The standard InChI is InChI=1S/C30H27Cl2N3O5S/c1-3-39-29(37)24-20(22-8-6-10-41-22)14-21-25(27(24)36)23(16-7-5-9-34-15-16)26(30(38)40-4-2)28(33)35(21)19-12-17(31)11-18(32)13-19/h5-13,15,20,23-24H,3-4,14,33H2,1-2H3/t20-,23+,24-/m1/s1. The Labute approximate surface area is 251 Å². The molecule has 212 valence electrons. The van der Waals surface area contributed by atoms with Crippen molar-refractivity contribution in [2.75, 3.05) is 18.1 Å². The maximum atomic E-state index is 14.6. The van der Waals surface area contributed by atoms with Crippen molar-refractivity contribution in [3.05, 3.63) is 103 Å². The number of halogens is 2. The van der Waals surface area contributed by atoms with E-state index in [-0.39, 0.29) is 36.6 Å². The summed E-state index contributed by atoms with van der Waals surface area (Å²) < 4.78 is 10.9. The fourth-order valence-electron chi connectivity index (χ4n) is 5.55. The summed E-state index contributed by atoms with van der Waals surface area (Å²) >= 11 is 14.2. The highest BCUT2D eigenvalue weighted by molar-refractivity contribution is 7.10. The lowest BCUT2D eigenvalue weighted by atomic mass is 9.68. The largest absolute Gasteiger partial charge is 0.465 e. The minimum Gasteiger partial charge on any atom is -0.465 e. The van der Waals surface area contributed by atoms with E-state index in [2.05, 4.69) is 4.98 Å². The van der Waals surface area contributed by atoms with Crippen LogP contribution in [0, 0.1) is 5.92 Å². The van der Waals surface area contributed by atoms with Crippen LogP contribution in [0.5, 0.6) is 0 Å². The van der Waals surface area contributed by atoms with Crippen molar-refractivity contribution in [1.29, 1.82) is 0 Å². The number of rotatable bonds is 7. The van der Waals surface area contributed by atoms with Crippen molar-refractivity contribution in [2.24, 2.45) is 11.7 Å². The summed E-state index contributed by atoms with van der Waals surface area (Å²) in [6.45, 7) is 3.59. The van der Waals surface area contributed by atoms with Crippen LogP contribution in [0.4, 0.5) is 5.69 Å². The predicted molar refractivity (Wildman–Crippen MR) is 158 cm³/mol. The first-order chi connectivity index (χ1) is 19.8. The summed E-state index contributed by atoms with van der Waals surface area (Å²) in [4.78, 5) is 48.3. The molecule has 0 saturated carbocycles. The molecule has 3 heterocycles. The second kappa shape index (κ2) is 12.1. The van der Waals surface area contributed by atoms with Crippen molar-refractivity contribution < 1.29 is 23.9 Å². The van der Waals surface area contributed by atoms with Crippen LogP contribution in [-0.2, 0) is 23.9 Å². The Morgan fingerprint density at radius 2 is 1.83 bits per heavy atom. The molecular weight excluding hydrogens is 585 g/mol. The first-order valence-corrected chi connectivity index (χ1v) is 14.7. The number of ketones is 1. The fraction of sp³-hybridized carbons (Fsp3) is 0.267. The van der Waals surface area contributed by atoms with Crippen LogP contribution in [0.25, 0.3) is 0 Å². The van der Waals surface area contributed by atoms with Crippen LogP contribution < -0.4 is 10.6 Å². The lowest BCUT2D eigenvalue weighted by molar-refractivity contribution is -0.152. The molecule has 0 spiro atoms. The predicted octanol–water partition coefficient (Wildman–Crippen LogP) is 5.98. The average Bonchev–Trinajstić information content (AvgIpc) is 3.47.